The van der Waals surface area contributed by atoms with Crippen LogP contribution in [0.2, 0.25) is 0 Å². The van der Waals surface area contributed by atoms with Crippen LogP contribution in [0.15, 0.2) is 0 Å². The Morgan fingerprint density at radius 1 is 1.17 bits per heavy atom. The van der Waals surface area contributed by atoms with Gasteiger partial charge in [-0.25, -0.2) is 0 Å². The summed E-state index contributed by atoms with van der Waals surface area (Å²) in [5, 5.41) is 6.66. The third kappa shape index (κ3) is 1.64. The van der Waals surface area contributed by atoms with Crippen LogP contribution in [0.4, 0.5) is 0 Å². The smallest absolute Gasteiger partial charge is 0.00767 e. The van der Waals surface area contributed by atoms with Crippen molar-refractivity contribution in [3.8, 4) is 0 Å². The van der Waals surface area contributed by atoms with Crippen molar-refractivity contribution in [3.05, 3.63) is 0 Å². The summed E-state index contributed by atoms with van der Waals surface area (Å²) in [4.78, 5) is 0. The van der Waals surface area contributed by atoms with E-state index in [0.29, 0.717) is 0 Å². The standard InChI is InChI=1S/C10H20N2/c1-11-5-6-12-7-10-8-3-2-4-9(8)10/h8-12H,2-7H2,1H3. The van der Waals surface area contributed by atoms with E-state index in [9.17, 15) is 0 Å². The fourth-order valence-electron chi connectivity index (χ4n) is 2.75. The van der Waals surface area contributed by atoms with Crippen LogP contribution in [0.5, 0.6) is 0 Å². The van der Waals surface area contributed by atoms with E-state index in [0.717, 1.165) is 30.8 Å². The number of rotatable bonds is 5. The highest BCUT2D eigenvalue weighted by molar-refractivity contribution is 5.01. The molecule has 0 aliphatic heterocycles. The molecule has 2 aliphatic rings. The molecule has 70 valence electrons. The van der Waals surface area contributed by atoms with E-state index in [-0.39, 0.29) is 0 Å². The molecular weight excluding hydrogens is 148 g/mol. The van der Waals surface area contributed by atoms with Gasteiger partial charge in [0.1, 0.15) is 0 Å². The highest BCUT2D eigenvalue weighted by atomic mass is 14.9. The topological polar surface area (TPSA) is 24.1 Å². The maximum atomic E-state index is 3.51. The Bertz CT molecular complexity index is 137. The quantitative estimate of drug-likeness (QED) is 0.594. The molecule has 2 N–H and O–H groups in total. The lowest BCUT2D eigenvalue weighted by Gasteiger charge is -2.05. The molecule has 0 amide bonds. The first-order chi connectivity index (χ1) is 5.93. The van der Waals surface area contributed by atoms with Crippen molar-refractivity contribution >= 4 is 0 Å². The van der Waals surface area contributed by atoms with Gasteiger partial charge in [0.25, 0.3) is 0 Å². The Hall–Kier alpha value is -0.0800. The summed E-state index contributed by atoms with van der Waals surface area (Å²) < 4.78 is 0. The van der Waals surface area contributed by atoms with Crippen LogP contribution in [0, 0.1) is 17.8 Å². The van der Waals surface area contributed by atoms with E-state index in [1.54, 1.807) is 0 Å². The van der Waals surface area contributed by atoms with Gasteiger partial charge in [0.15, 0.2) is 0 Å². The van der Waals surface area contributed by atoms with Gasteiger partial charge in [0.2, 0.25) is 0 Å². The molecular formula is C10H20N2. The van der Waals surface area contributed by atoms with Crippen LogP contribution in [-0.2, 0) is 0 Å². The maximum Gasteiger partial charge on any atom is 0.00767 e. The Kier molecular flexibility index (Phi) is 2.66. The number of hydrogen-bond donors (Lipinski definition) is 2. The molecule has 2 nitrogen and oxygen atoms in total. The van der Waals surface area contributed by atoms with Gasteiger partial charge in [-0.2, -0.15) is 0 Å². The Morgan fingerprint density at radius 2 is 1.92 bits per heavy atom. The van der Waals surface area contributed by atoms with Crippen molar-refractivity contribution in [1.29, 1.82) is 0 Å². The molecule has 2 heteroatoms. The van der Waals surface area contributed by atoms with Gasteiger partial charge in [0.05, 0.1) is 0 Å². The van der Waals surface area contributed by atoms with Crippen LogP contribution in [0.3, 0.4) is 0 Å². The number of likely N-dealkylation sites (N-methyl/N-ethyl adjacent to an activating group) is 1. The molecule has 2 saturated carbocycles. The monoisotopic (exact) mass is 168 g/mol. The van der Waals surface area contributed by atoms with Gasteiger partial charge >= 0.3 is 0 Å². The fourth-order valence-corrected chi connectivity index (χ4v) is 2.75. The molecule has 2 atom stereocenters. The first-order valence-corrected chi connectivity index (χ1v) is 5.29. The second kappa shape index (κ2) is 3.75. The molecule has 2 fully saturated rings. The zero-order valence-electron chi connectivity index (χ0n) is 7.97. The van der Waals surface area contributed by atoms with Crippen molar-refractivity contribution in [2.75, 3.05) is 26.7 Å². The molecule has 12 heavy (non-hydrogen) atoms. The largest absolute Gasteiger partial charge is 0.318 e. The summed E-state index contributed by atoms with van der Waals surface area (Å²) >= 11 is 0. The average Bonchev–Trinajstić information content (AvgIpc) is 2.57. The number of hydrogen-bond acceptors (Lipinski definition) is 2. The predicted octanol–water partition coefficient (Wildman–Crippen LogP) is 0.841. The van der Waals surface area contributed by atoms with E-state index in [2.05, 4.69) is 10.6 Å². The maximum absolute atomic E-state index is 3.51. The third-order valence-corrected chi connectivity index (χ3v) is 3.52. The van der Waals surface area contributed by atoms with Gasteiger partial charge in [0, 0.05) is 13.1 Å². The van der Waals surface area contributed by atoms with Gasteiger partial charge in [-0.3, -0.25) is 0 Å². The zero-order chi connectivity index (χ0) is 8.39. The van der Waals surface area contributed by atoms with E-state index < -0.39 is 0 Å². The van der Waals surface area contributed by atoms with Crippen LogP contribution in [0.1, 0.15) is 19.3 Å². The summed E-state index contributed by atoms with van der Waals surface area (Å²) in [6.45, 7) is 3.51. The van der Waals surface area contributed by atoms with Crippen molar-refractivity contribution in [2.24, 2.45) is 17.8 Å². The molecule has 0 heterocycles. The van der Waals surface area contributed by atoms with Gasteiger partial charge in [-0.1, -0.05) is 6.42 Å². The van der Waals surface area contributed by atoms with Crippen molar-refractivity contribution in [3.63, 3.8) is 0 Å². The summed E-state index contributed by atoms with van der Waals surface area (Å²) in [6, 6.07) is 0. The summed E-state index contributed by atoms with van der Waals surface area (Å²) in [5.41, 5.74) is 0. The SMILES string of the molecule is CNCCNCC1C2CCCC21. The highest BCUT2D eigenvalue weighted by Crippen LogP contribution is 2.56. The molecule has 0 saturated heterocycles. The molecule has 0 bridgehead atoms. The lowest BCUT2D eigenvalue weighted by Crippen LogP contribution is -2.27. The van der Waals surface area contributed by atoms with Crippen molar-refractivity contribution < 1.29 is 0 Å². The predicted molar refractivity (Wildman–Crippen MR) is 51.1 cm³/mol. The van der Waals surface area contributed by atoms with Crippen molar-refractivity contribution in [1.82, 2.24) is 10.6 Å². The average molecular weight is 168 g/mol. The lowest BCUT2D eigenvalue weighted by molar-refractivity contribution is 0.530. The summed E-state index contributed by atoms with van der Waals surface area (Å²) in [6.07, 6.45) is 4.54. The minimum absolute atomic E-state index is 1.05. The molecule has 0 radical (unpaired) electrons. The van der Waals surface area contributed by atoms with Gasteiger partial charge in [-0.05, 0) is 44.2 Å². The fraction of sp³-hybridized carbons (Fsp3) is 1.00. The summed E-state index contributed by atoms with van der Waals surface area (Å²) in [5.74, 6) is 3.29. The van der Waals surface area contributed by atoms with E-state index in [4.69, 9.17) is 0 Å². The van der Waals surface area contributed by atoms with Gasteiger partial charge < -0.3 is 10.6 Å². The Morgan fingerprint density at radius 3 is 2.58 bits per heavy atom. The van der Waals surface area contributed by atoms with Crippen LogP contribution < -0.4 is 10.6 Å². The first kappa shape index (κ1) is 8.52. The second-order valence-electron chi connectivity index (χ2n) is 4.23. The zero-order valence-corrected chi connectivity index (χ0v) is 7.97. The van der Waals surface area contributed by atoms with E-state index in [1.807, 2.05) is 7.05 Å². The molecule has 2 rings (SSSR count). The molecule has 0 aromatic carbocycles. The number of fused-ring (bicyclic) bond motifs is 1. The van der Waals surface area contributed by atoms with E-state index in [1.165, 1.54) is 25.8 Å². The molecule has 0 aromatic heterocycles. The summed E-state index contributed by atoms with van der Waals surface area (Å²) in [7, 11) is 2.01. The molecule has 0 aromatic rings. The lowest BCUT2D eigenvalue weighted by atomic mass is 10.1. The van der Waals surface area contributed by atoms with Crippen LogP contribution in [0.25, 0.3) is 0 Å². The normalized spacial score (nSPS) is 38.2. The van der Waals surface area contributed by atoms with E-state index >= 15 is 0 Å². The van der Waals surface area contributed by atoms with Crippen LogP contribution >= 0.6 is 0 Å². The minimum Gasteiger partial charge on any atom is -0.318 e. The second-order valence-corrected chi connectivity index (χ2v) is 4.23. The Balaban J connectivity index is 1.52. The third-order valence-electron chi connectivity index (χ3n) is 3.52. The molecule has 2 aliphatic carbocycles. The first-order valence-electron chi connectivity index (χ1n) is 5.29. The molecule has 0 spiro atoms. The van der Waals surface area contributed by atoms with Crippen molar-refractivity contribution in [2.45, 2.75) is 19.3 Å². The van der Waals surface area contributed by atoms with Crippen LogP contribution in [-0.4, -0.2) is 26.7 Å². The molecule has 2 unspecified atom stereocenters. The minimum atomic E-state index is 1.05. The number of nitrogens with one attached hydrogen (secondary N) is 2. The highest BCUT2D eigenvalue weighted by Gasteiger charge is 2.51. The Labute approximate surface area is 75.1 Å². The van der Waals surface area contributed by atoms with Gasteiger partial charge in [-0.15, -0.1) is 0 Å².